The van der Waals surface area contributed by atoms with Gasteiger partial charge in [-0.05, 0) is 47.5 Å². The van der Waals surface area contributed by atoms with Crippen LogP contribution in [-0.4, -0.2) is 32.8 Å². The Morgan fingerprint density at radius 3 is 2.22 bits per heavy atom. The molecule has 0 aliphatic heterocycles. The molecule has 0 bridgehead atoms. The maximum Gasteiger partial charge on any atom is 0.243 e. The predicted molar refractivity (Wildman–Crippen MR) is 125 cm³/mol. The number of amides is 1. The summed E-state index contributed by atoms with van der Waals surface area (Å²) in [5, 5.41) is 3.48. The van der Waals surface area contributed by atoms with Crippen molar-refractivity contribution in [2.75, 3.05) is 14.2 Å². The molecule has 8 heteroatoms. The third kappa shape index (κ3) is 5.88. The first kappa shape index (κ1) is 23.8. The highest BCUT2D eigenvalue weighted by Crippen LogP contribution is 2.30. The number of hydrogen-bond donors (Lipinski definition) is 1. The van der Waals surface area contributed by atoms with E-state index in [9.17, 15) is 13.2 Å². The monoisotopic (exact) mass is 472 g/mol. The molecular weight excluding hydrogens is 448 g/mol. The van der Waals surface area contributed by atoms with E-state index in [4.69, 9.17) is 16.3 Å². The molecule has 32 heavy (non-hydrogen) atoms. The molecule has 3 rings (SSSR count). The molecule has 0 aromatic heterocycles. The molecule has 0 heterocycles. The van der Waals surface area contributed by atoms with Crippen molar-refractivity contribution in [3.8, 4) is 5.75 Å². The van der Waals surface area contributed by atoms with E-state index in [-0.39, 0.29) is 17.2 Å². The summed E-state index contributed by atoms with van der Waals surface area (Å²) in [6, 6.07) is 21.7. The summed E-state index contributed by atoms with van der Waals surface area (Å²) >= 11 is 5.90. The number of ether oxygens (including phenoxy) is 1. The Kier molecular flexibility index (Phi) is 7.90. The molecule has 3 aromatic rings. The first-order valence-electron chi connectivity index (χ1n) is 9.99. The van der Waals surface area contributed by atoms with Crippen LogP contribution in [0, 0.1) is 0 Å². The second-order valence-corrected chi connectivity index (χ2v) is 9.66. The van der Waals surface area contributed by atoms with Gasteiger partial charge < -0.3 is 10.1 Å². The van der Waals surface area contributed by atoms with Crippen molar-refractivity contribution in [2.45, 2.75) is 23.9 Å². The summed E-state index contributed by atoms with van der Waals surface area (Å²) < 4.78 is 32.9. The second-order valence-electron chi connectivity index (χ2n) is 7.23. The molecule has 0 unspecified atom stereocenters. The van der Waals surface area contributed by atoms with Crippen molar-refractivity contribution < 1.29 is 17.9 Å². The Morgan fingerprint density at radius 2 is 1.62 bits per heavy atom. The van der Waals surface area contributed by atoms with Crippen LogP contribution in [0.3, 0.4) is 0 Å². The lowest BCUT2D eigenvalue weighted by Gasteiger charge is -2.28. The predicted octanol–water partition coefficient (Wildman–Crippen LogP) is 4.42. The van der Waals surface area contributed by atoms with Gasteiger partial charge in [0.2, 0.25) is 15.9 Å². The first-order valence-corrected chi connectivity index (χ1v) is 11.8. The quantitative estimate of drug-likeness (QED) is 0.500. The number of sulfonamides is 1. The number of halogens is 1. The average molecular weight is 473 g/mol. The van der Waals surface area contributed by atoms with Gasteiger partial charge in [-0.15, -0.1) is 0 Å². The average Bonchev–Trinajstić information content (AvgIpc) is 2.82. The molecule has 0 saturated carbocycles. The van der Waals surface area contributed by atoms with Crippen LogP contribution >= 0.6 is 11.6 Å². The van der Waals surface area contributed by atoms with Gasteiger partial charge in [0.1, 0.15) is 5.75 Å². The Bertz CT molecular complexity index is 1130. The van der Waals surface area contributed by atoms with Gasteiger partial charge in [0.05, 0.1) is 18.0 Å². The smallest absolute Gasteiger partial charge is 0.243 e. The number of nitrogens with zero attached hydrogens (tertiary/aromatic N) is 1. The van der Waals surface area contributed by atoms with E-state index in [2.05, 4.69) is 5.32 Å². The maximum atomic E-state index is 13.2. The fourth-order valence-electron chi connectivity index (χ4n) is 3.26. The van der Waals surface area contributed by atoms with E-state index in [1.165, 1.54) is 23.5 Å². The summed E-state index contributed by atoms with van der Waals surface area (Å²) in [4.78, 5) is 12.9. The Balaban J connectivity index is 1.83. The van der Waals surface area contributed by atoms with Crippen LogP contribution in [0.2, 0.25) is 5.02 Å². The zero-order valence-corrected chi connectivity index (χ0v) is 19.4. The minimum Gasteiger partial charge on any atom is -0.497 e. The number of carbonyl (C=O) groups excluding carboxylic acids is 1. The molecule has 0 fully saturated rings. The van der Waals surface area contributed by atoms with Crippen molar-refractivity contribution in [1.82, 2.24) is 9.62 Å². The molecule has 1 amide bonds. The van der Waals surface area contributed by atoms with Gasteiger partial charge in [-0.3, -0.25) is 4.79 Å². The fraction of sp³-hybridized carbons (Fsp3) is 0.208. The number of methoxy groups -OCH3 is 1. The molecule has 0 spiro atoms. The topological polar surface area (TPSA) is 75.7 Å². The molecule has 3 aromatic carbocycles. The molecule has 168 valence electrons. The second kappa shape index (κ2) is 10.6. The number of carbonyl (C=O) groups is 1. The third-order valence-electron chi connectivity index (χ3n) is 5.14. The van der Waals surface area contributed by atoms with Gasteiger partial charge in [0, 0.05) is 25.0 Å². The van der Waals surface area contributed by atoms with Gasteiger partial charge in [-0.2, -0.15) is 4.31 Å². The van der Waals surface area contributed by atoms with E-state index in [0.717, 1.165) is 5.56 Å². The standard InChI is InChI=1S/C24H25ClN2O4S/c1-27(32(29,30)22-6-4-3-5-7-22)23(19-10-14-21(31-2)15-11-19)16-24(28)26-17-18-8-12-20(25)13-9-18/h3-15,23H,16-17H2,1-2H3,(H,26,28)/t23-/m1/s1. The molecular formula is C24H25ClN2O4S. The van der Waals surface area contributed by atoms with Crippen molar-refractivity contribution >= 4 is 27.5 Å². The van der Waals surface area contributed by atoms with Crippen molar-refractivity contribution in [3.05, 3.63) is 95.0 Å². The Labute approximate surface area is 193 Å². The van der Waals surface area contributed by atoms with Gasteiger partial charge in [0.25, 0.3) is 0 Å². The van der Waals surface area contributed by atoms with Crippen LogP contribution < -0.4 is 10.1 Å². The molecule has 1 atom stereocenters. The van der Waals surface area contributed by atoms with Crippen molar-refractivity contribution in [1.29, 1.82) is 0 Å². The number of benzene rings is 3. The highest BCUT2D eigenvalue weighted by atomic mass is 35.5. The van der Waals surface area contributed by atoms with E-state index in [1.807, 2.05) is 12.1 Å². The van der Waals surface area contributed by atoms with Gasteiger partial charge in [0.15, 0.2) is 0 Å². The van der Waals surface area contributed by atoms with Gasteiger partial charge in [-0.25, -0.2) is 8.42 Å². The minimum absolute atomic E-state index is 0.0392. The zero-order valence-electron chi connectivity index (χ0n) is 17.9. The lowest BCUT2D eigenvalue weighted by Crippen LogP contribution is -2.35. The van der Waals surface area contributed by atoms with Crippen LogP contribution in [0.1, 0.15) is 23.6 Å². The lowest BCUT2D eigenvalue weighted by molar-refractivity contribution is -0.122. The van der Waals surface area contributed by atoms with Crippen LogP contribution in [0.4, 0.5) is 0 Å². The molecule has 0 saturated heterocycles. The molecule has 1 N–H and O–H groups in total. The number of nitrogens with one attached hydrogen (secondary N) is 1. The van der Waals surface area contributed by atoms with Crippen LogP contribution in [0.15, 0.2) is 83.8 Å². The molecule has 0 aliphatic carbocycles. The molecule has 6 nitrogen and oxygen atoms in total. The van der Waals surface area contributed by atoms with E-state index in [0.29, 0.717) is 22.9 Å². The normalized spacial score (nSPS) is 12.4. The van der Waals surface area contributed by atoms with Crippen molar-refractivity contribution in [2.24, 2.45) is 0 Å². The van der Waals surface area contributed by atoms with Crippen molar-refractivity contribution in [3.63, 3.8) is 0 Å². The zero-order chi connectivity index (χ0) is 23.1. The van der Waals surface area contributed by atoms with E-state index in [1.54, 1.807) is 61.7 Å². The summed E-state index contributed by atoms with van der Waals surface area (Å²) in [5.41, 5.74) is 1.59. The molecule has 0 aliphatic rings. The lowest BCUT2D eigenvalue weighted by atomic mass is 10.0. The van der Waals surface area contributed by atoms with Crippen LogP contribution in [-0.2, 0) is 21.4 Å². The van der Waals surface area contributed by atoms with Gasteiger partial charge >= 0.3 is 0 Å². The number of hydrogen-bond acceptors (Lipinski definition) is 4. The largest absolute Gasteiger partial charge is 0.497 e. The van der Waals surface area contributed by atoms with E-state index >= 15 is 0 Å². The summed E-state index contributed by atoms with van der Waals surface area (Å²) in [7, 11) is -0.764. The first-order chi connectivity index (χ1) is 15.3. The SMILES string of the molecule is COc1ccc([C@@H](CC(=O)NCc2ccc(Cl)cc2)N(C)S(=O)(=O)c2ccccc2)cc1. The summed E-state index contributed by atoms with van der Waals surface area (Å²) in [5.74, 6) is 0.379. The Hall–Kier alpha value is -2.87. The minimum atomic E-state index is -3.81. The fourth-order valence-corrected chi connectivity index (χ4v) is 4.75. The highest BCUT2D eigenvalue weighted by molar-refractivity contribution is 7.89. The summed E-state index contributed by atoms with van der Waals surface area (Å²) in [6.07, 6.45) is -0.0392. The van der Waals surface area contributed by atoms with Crippen LogP contribution in [0.5, 0.6) is 5.75 Å². The van der Waals surface area contributed by atoms with Gasteiger partial charge in [-0.1, -0.05) is 54.1 Å². The maximum absolute atomic E-state index is 13.2. The number of rotatable bonds is 9. The third-order valence-corrected chi connectivity index (χ3v) is 7.27. The summed E-state index contributed by atoms with van der Waals surface area (Å²) in [6.45, 7) is 0.320. The van der Waals surface area contributed by atoms with E-state index < -0.39 is 16.1 Å². The van der Waals surface area contributed by atoms with Crippen LogP contribution in [0.25, 0.3) is 0 Å². The molecule has 0 radical (unpaired) electrons. The Morgan fingerprint density at radius 1 is 1.00 bits per heavy atom. The highest BCUT2D eigenvalue weighted by Gasteiger charge is 2.30.